The Hall–Kier alpha value is -0.160. The first-order valence-corrected chi connectivity index (χ1v) is 3.61. The van der Waals surface area contributed by atoms with Gasteiger partial charge in [-0.3, -0.25) is 5.32 Å². The van der Waals surface area contributed by atoms with Crippen LogP contribution >= 0.6 is 0 Å². The first-order valence-electron chi connectivity index (χ1n) is 3.61. The Morgan fingerprint density at radius 2 is 2.10 bits per heavy atom. The lowest BCUT2D eigenvalue weighted by atomic mass is 9.91. The van der Waals surface area contributed by atoms with Crippen LogP contribution in [0, 0.1) is 5.92 Å². The van der Waals surface area contributed by atoms with Crippen LogP contribution in [-0.2, 0) is 0 Å². The van der Waals surface area contributed by atoms with Crippen LogP contribution in [0.2, 0.25) is 0 Å². The van der Waals surface area contributed by atoms with Crippen molar-refractivity contribution in [2.45, 2.75) is 25.2 Å². The minimum absolute atomic E-state index is 0.204. The van der Waals surface area contributed by atoms with Crippen molar-refractivity contribution in [3.63, 3.8) is 0 Å². The average Bonchev–Trinajstić information content (AvgIpc) is 1.81. The molecule has 0 radical (unpaired) electrons. The molecule has 60 valence electrons. The quantitative estimate of drug-likeness (QED) is 0.312. The van der Waals surface area contributed by atoms with E-state index in [1.807, 2.05) is 6.92 Å². The fraction of sp³-hybridized carbons (Fsp3) is 1.00. The molecule has 0 aromatic heterocycles. The summed E-state index contributed by atoms with van der Waals surface area (Å²) in [6.07, 6.45) is 0.903. The van der Waals surface area contributed by atoms with Crippen LogP contribution in [0.1, 0.15) is 13.3 Å². The van der Waals surface area contributed by atoms with Gasteiger partial charge in [0.2, 0.25) is 0 Å². The molecule has 2 atom stereocenters. The number of nitrogens with two attached hydrogens (primary N) is 3. The third-order valence-corrected chi connectivity index (χ3v) is 2.14. The minimum Gasteiger partial charge on any atom is -0.327 e. The number of hydrogen-bond donors (Lipinski definition) is 4. The zero-order chi connectivity index (χ0) is 7.78. The summed E-state index contributed by atoms with van der Waals surface area (Å²) in [5.74, 6) is -0.466. The van der Waals surface area contributed by atoms with E-state index >= 15 is 0 Å². The maximum Gasteiger partial charge on any atom is 0.121 e. The Kier molecular flexibility index (Phi) is 1.96. The highest BCUT2D eigenvalue weighted by Crippen LogP contribution is 2.15. The highest BCUT2D eigenvalue weighted by atomic mass is 15.2. The highest BCUT2D eigenvalue weighted by molar-refractivity contribution is 4.89. The molecule has 0 amide bonds. The second-order valence-corrected chi connectivity index (χ2v) is 3.21. The summed E-state index contributed by atoms with van der Waals surface area (Å²) in [5, 5.41) is 2.99. The van der Waals surface area contributed by atoms with Gasteiger partial charge in [0.25, 0.3) is 0 Å². The van der Waals surface area contributed by atoms with E-state index in [0.29, 0.717) is 0 Å². The van der Waals surface area contributed by atoms with E-state index in [1.54, 1.807) is 0 Å². The van der Waals surface area contributed by atoms with Crippen molar-refractivity contribution in [2.75, 3.05) is 6.54 Å². The molecule has 0 aromatic rings. The molecule has 0 bridgehead atoms. The van der Waals surface area contributed by atoms with Crippen molar-refractivity contribution >= 4 is 0 Å². The molecular weight excluding hydrogens is 128 g/mol. The SMILES string of the molecule is CC1CC(N)CNC1(N)N. The second-order valence-electron chi connectivity index (χ2n) is 3.21. The van der Waals surface area contributed by atoms with Gasteiger partial charge < -0.3 is 17.2 Å². The predicted octanol–water partition coefficient (Wildman–Crippen LogP) is -1.49. The van der Waals surface area contributed by atoms with Gasteiger partial charge in [-0.1, -0.05) is 6.92 Å². The molecule has 1 aliphatic rings. The van der Waals surface area contributed by atoms with E-state index in [0.717, 1.165) is 13.0 Å². The summed E-state index contributed by atoms with van der Waals surface area (Å²) >= 11 is 0. The van der Waals surface area contributed by atoms with Crippen molar-refractivity contribution in [3.05, 3.63) is 0 Å². The van der Waals surface area contributed by atoms with Gasteiger partial charge in [0.05, 0.1) is 0 Å². The van der Waals surface area contributed by atoms with Crippen LogP contribution in [0.25, 0.3) is 0 Å². The van der Waals surface area contributed by atoms with Gasteiger partial charge in [0.15, 0.2) is 0 Å². The van der Waals surface area contributed by atoms with Crippen molar-refractivity contribution in [1.29, 1.82) is 0 Å². The summed E-state index contributed by atoms with van der Waals surface area (Å²) in [7, 11) is 0. The van der Waals surface area contributed by atoms with Crippen molar-refractivity contribution < 1.29 is 0 Å². The summed E-state index contributed by atoms with van der Waals surface area (Å²) in [4.78, 5) is 0. The van der Waals surface area contributed by atoms with Gasteiger partial charge in [-0.05, 0) is 6.42 Å². The molecule has 1 aliphatic heterocycles. The van der Waals surface area contributed by atoms with Crippen LogP contribution in [0.3, 0.4) is 0 Å². The summed E-state index contributed by atoms with van der Waals surface area (Å²) in [6, 6.07) is 0.204. The van der Waals surface area contributed by atoms with E-state index in [4.69, 9.17) is 17.2 Å². The first kappa shape index (κ1) is 7.94. The molecule has 10 heavy (non-hydrogen) atoms. The molecule has 0 aromatic carbocycles. The third kappa shape index (κ3) is 1.46. The van der Waals surface area contributed by atoms with E-state index in [2.05, 4.69) is 5.32 Å². The Balaban J connectivity index is 2.52. The molecule has 0 spiro atoms. The maximum absolute atomic E-state index is 5.69. The molecule has 7 N–H and O–H groups in total. The van der Waals surface area contributed by atoms with Gasteiger partial charge in [0.1, 0.15) is 5.79 Å². The zero-order valence-electron chi connectivity index (χ0n) is 6.30. The third-order valence-electron chi connectivity index (χ3n) is 2.14. The molecule has 0 saturated carbocycles. The molecule has 2 unspecified atom stereocenters. The maximum atomic E-state index is 5.69. The average molecular weight is 144 g/mol. The molecular formula is C6H16N4. The van der Waals surface area contributed by atoms with Crippen LogP contribution in [0.4, 0.5) is 0 Å². The lowest BCUT2D eigenvalue weighted by molar-refractivity contribution is 0.169. The van der Waals surface area contributed by atoms with E-state index < -0.39 is 5.79 Å². The minimum atomic E-state index is -0.712. The predicted molar refractivity (Wildman–Crippen MR) is 40.9 cm³/mol. The monoisotopic (exact) mass is 144 g/mol. The highest BCUT2D eigenvalue weighted by Gasteiger charge is 2.32. The Labute approximate surface area is 61.1 Å². The van der Waals surface area contributed by atoms with Crippen molar-refractivity contribution in [3.8, 4) is 0 Å². The van der Waals surface area contributed by atoms with Crippen molar-refractivity contribution in [2.24, 2.45) is 23.1 Å². The van der Waals surface area contributed by atoms with Crippen LogP contribution < -0.4 is 22.5 Å². The second kappa shape index (κ2) is 2.47. The summed E-state index contributed by atoms with van der Waals surface area (Å²) < 4.78 is 0. The standard InChI is InChI=1S/C6H16N4/c1-4-2-5(7)3-10-6(4,8)9/h4-5,10H,2-3,7-9H2,1H3. The van der Waals surface area contributed by atoms with Gasteiger partial charge >= 0.3 is 0 Å². The van der Waals surface area contributed by atoms with Gasteiger partial charge in [-0.25, -0.2) is 0 Å². The molecule has 1 rings (SSSR count). The molecule has 4 nitrogen and oxygen atoms in total. The number of hydrogen-bond acceptors (Lipinski definition) is 4. The summed E-state index contributed by atoms with van der Waals surface area (Å²) in [6.45, 7) is 2.73. The molecule has 4 heteroatoms. The van der Waals surface area contributed by atoms with Crippen LogP contribution in [-0.4, -0.2) is 18.4 Å². The van der Waals surface area contributed by atoms with E-state index in [9.17, 15) is 0 Å². The van der Waals surface area contributed by atoms with Crippen LogP contribution in [0.15, 0.2) is 0 Å². The first-order chi connectivity index (χ1) is 4.52. The molecule has 1 fully saturated rings. The Morgan fingerprint density at radius 1 is 1.50 bits per heavy atom. The lowest BCUT2D eigenvalue weighted by Crippen LogP contribution is -2.70. The smallest absolute Gasteiger partial charge is 0.121 e. The largest absolute Gasteiger partial charge is 0.327 e. The zero-order valence-corrected chi connectivity index (χ0v) is 6.30. The van der Waals surface area contributed by atoms with Crippen LogP contribution in [0.5, 0.6) is 0 Å². The Morgan fingerprint density at radius 3 is 2.50 bits per heavy atom. The molecule has 1 heterocycles. The number of nitrogens with one attached hydrogen (secondary N) is 1. The fourth-order valence-electron chi connectivity index (χ4n) is 1.21. The fourth-order valence-corrected chi connectivity index (χ4v) is 1.21. The van der Waals surface area contributed by atoms with Gasteiger partial charge in [0, 0.05) is 18.5 Å². The topological polar surface area (TPSA) is 90.1 Å². The number of piperidine rings is 1. The van der Waals surface area contributed by atoms with E-state index in [-0.39, 0.29) is 12.0 Å². The Bertz CT molecular complexity index is 123. The van der Waals surface area contributed by atoms with Gasteiger partial charge in [-0.2, -0.15) is 0 Å². The van der Waals surface area contributed by atoms with Crippen molar-refractivity contribution in [1.82, 2.24) is 5.32 Å². The van der Waals surface area contributed by atoms with Gasteiger partial charge in [-0.15, -0.1) is 0 Å². The lowest BCUT2D eigenvalue weighted by Gasteiger charge is -2.39. The molecule has 1 saturated heterocycles. The normalized spacial score (nSPS) is 39.6. The summed E-state index contributed by atoms with van der Waals surface area (Å²) in [5.41, 5.74) is 17.1. The van der Waals surface area contributed by atoms with E-state index in [1.165, 1.54) is 0 Å². The molecule has 0 aliphatic carbocycles. The number of rotatable bonds is 0.